The number of nitrogens with zero attached hydrogens (tertiary/aromatic N) is 2. The Morgan fingerprint density at radius 1 is 1.38 bits per heavy atom. The summed E-state index contributed by atoms with van der Waals surface area (Å²) in [6.45, 7) is 5.27. The second-order valence-corrected chi connectivity index (χ2v) is 5.65. The van der Waals surface area contributed by atoms with E-state index in [4.69, 9.17) is 5.73 Å². The SMILES string of the molecule is CN(C)c1ccc(C2(CN)CC2(C)C)cn1. The summed E-state index contributed by atoms with van der Waals surface area (Å²) in [5.41, 5.74) is 7.70. The zero-order chi connectivity index (χ0) is 12.0. The van der Waals surface area contributed by atoms with Crippen molar-refractivity contribution in [3.8, 4) is 0 Å². The van der Waals surface area contributed by atoms with Gasteiger partial charge in [-0.25, -0.2) is 4.98 Å². The quantitative estimate of drug-likeness (QED) is 0.842. The minimum absolute atomic E-state index is 0.158. The highest BCUT2D eigenvalue weighted by Crippen LogP contribution is 2.63. The second kappa shape index (κ2) is 3.45. The van der Waals surface area contributed by atoms with Crippen LogP contribution in [0.1, 0.15) is 25.8 Å². The Balaban J connectivity index is 2.29. The highest BCUT2D eigenvalue weighted by atomic mass is 15.1. The summed E-state index contributed by atoms with van der Waals surface area (Å²) >= 11 is 0. The van der Waals surface area contributed by atoms with E-state index in [1.807, 2.05) is 25.2 Å². The Morgan fingerprint density at radius 3 is 2.31 bits per heavy atom. The Hall–Kier alpha value is -1.09. The van der Waals surface area contributed by atoms with E-state index in [0.29, 0.717) is 12.0 Å². The van der Waals surface area contributed by atoms with Crippen LogP contribution in [0.3, 0.4) is 0 Å². The predicted molar refractivity (Wildman–Crippen MR) is 67.7 cm³/mol. The van der Waals surface area contributed by atoms with Crippen LogP contribution in [0.4, 0.5) is 5.82 Å². The molecule has 2 N–H and O–H groups in total. The molecule has 1 aliphatic rings. The molecular weight excluding hydrogens is 198 g/mol. The van der Waals surface area contributed by atoms with E-state index < -0.39 is 0 Å². The molecule has 1 aromatic heterocycles. The molecule has 0 saturated heterocycles. The van der Waals surface area contributed by atoms with Crippen LogP contribution in [0.25, 0.3) is 0 Å². The molecule has 1 aromatic rings. The molecule has 0 amide bonds. The molecule has 0 aromatic carbocycles. The molecule has 1 heterocycles. The van der Waals surface area contributed by atoms with Crippen molar-refractivity contribution < 1.29 is 0 Å². The summed E-state index contributed by atoms with van der Waals surface area (Å²) in [4.78, 5) is 6.48. The first kappa shape index (κ1) is 11.4. The fraction of sp³-hybridized carbons (Fsp3) is 0.615. The van der Waals surface area contributed by atoms with Crippen LogP contribution in [0.2, 0.25) is 0 Å². The Morgan fingerprint density at radius 2 is 2.00 bits per heavy atom. The van der Waals surface area contributed by atoms with Crippen LogP contribution in [-0.2, 0) is 5.41 Å². The average molecular weight is 219 g/mol. The summed E-state index contributed by atoms with van der Waals surface area (Å²) in [7, 11) is 4.00. The first-order valence-electron chi connectivity index (χ1n) is 5.77. The normalized spacial score (nSPS) is 26.6. The first-order valence-corrected chi connectivity index (χ1v) is 5.77. The zero-order valence-electron chi connectivity index (χ0n) is 10.6. The van der Waals surface area contributed by atoms with Crippen LogP contribution < -0.4 is 10.6 Å². The smallest absolute Gasteiger partial charge is 0.127 e. The maximum Gasteiger partial charge on any atom is 0.127 e. The van der Waals surface area contributed by atoms with Crippen molar-refractivity contribution in [2.75, 3.05) is 25.5 Å². The molecule has 2 rings (SSSR count). The topological polar surface area (TPSA) is 42.1 Å². The van der Waals surface area contributed by atoms with Gasteiger partial charge >= 0.3 is 0 Å². The van der Waals surface area contributed by atoms with Gasteiger partial charge in [-0.3, -0.25) is 0 Å². The maximum atomic E-state index is 5.94. The lowest BCUT2D eigenvalue weighted by Gasteiger charge is -2.19. The third kappa shape index (κ3) is 1.50. The molecule has 3 nitrogen and oxygen atoms in total. The molecule has 88 valence electrons. The van der Waals surface area contributed by atoms with Crippen molar-refractivity contribution in [2.45, 2.75) is 25.7 Å². The predicted octanol–water partition coefficient (Wildman–Crippen LogP) is 1.77. The van der Waals surface area contributed by atoms with Crippen molar-refractivity contribution >= 4 is 5.82 Å². The van der Waals surface area contributed by atoms with Crippen molar-refractivity contribution in [2.24, 2.45) is 11.1 Å². The molecule has 1 fully saturated rings. The van der Waals surface area contributed by atoms with Gasteiger partial charge in [-0.15, -0.1) is 0 Å². The van der Waals surface area contributed by atoms with Gasteiger partial charge in [0.15, 0.2) is 0 Å². The van der Waals surface area contributed by atoms with Gasteiger partial charge in [0.05, 0.1) is 0 Å². The molecular formula is C13H21N3. The highest BCUT2D eigenvalue weighted by Gasteiger charge is 2.61. The van der Waals surface area contributed by atoms with E-state index in [2.05, 4.69) is 31.0 Å². The second-order valence-electron chi connectivity index (χ2n) is 5.65. The summed E-state index contributed by atoms with van der Waals surface area (Å²) in [6, 6.07) is 4.24. The highest BCUT2D eigenvalue weighted by molar-refractivity contribution is 5.43. The number of rotatable bonds is 3. The number of hydrogen-bond donors (Lipinski definition) is 1. The van der Waals surface area contributed by atoms with Crippen molar-refractivity contribution in [1.29, 1.82) is 0 Å². The molecule has 1 aliphatic carbocycles. The van der Waals surface area contributed by atoms with Crippen LogP contribution >= 0.6 is 0 Å². The van der Waals surface area contributed by atoms with Gasteiger partial charge in [0.25, 0.3) is 0 Å². The van der Waals surface area contributed by atoms with E-state index in [-0.39, 0.29) is 5.41 Å². The van der Waals surface area contributed by atoms with Crippen LogP contribution in [0.15, 0.2) is 18.3 Å². The van der Waals surface area contributed by atoms with Crippen molar-refractivity contribution in [3.05, 3.63) is 23.9 Å². The third-order valence-electron chi connectivity index (χ3n) is 4.02. The Labute approximate surface area is 97.7 Å². The maximum absolute atomic E-state index is 5.94. The zero-order valence-corrected chi connectivity index (χ0v) is 10.6. The van der Waals surface area contributed by atoms with Gasteiger partial charge in [-0.2, -0.15) is 0 Å². The fourth-order valence-electron chi connectivity index (χ4n) is 2.60. The van der Waals surface area contributed by atoms with Gasteiger partial charge in [0.2, 0.25) is 0 Å². The molecule has 3 heteroatoms. The Kier molecular flexibility index (Phi) is 2.46. The number of aromatic nitrogens is 1. The average Bonchev–Trinajstić information content (AvgIpc) is 2.82. The molecule has 16 heavy (non-hydrogen) atoms. The van der Waals surface area contributed by atoms with Gasteiger partial charge in [0, 0.05) is 32.3 Å². The minimum atomic E-state index is 0.158. The van der Waals surface area contributed by atoms with Gasteiger partial charge < -0.3 is 10.6 Å². The molecule has 1 saturated carbocycles. The number of hydrogen-bond acceptors (Lipinski definition) is 3. The lowest BCUT2D eigenvalue weighted by molar-refractivity contribution is 0.502. The van der Waals surface area contributed by atoms with Crippen molar-refractivity contribution in [1.82, 2.24) is 4.98 Å². The van der Waals surface area contributed by atoms with Crippen LogP contribution in [-0.4, -0.2) is 25.6 Å². The van der Waals surface area contributed by atoms with E-state index in [1.165, 1.54) is 12.0 Å². The van der Waals surface area contributed by atoms with Gasteiger partial charge in [-0.05, 0) is 23.5 Å². The summed E-state index contributed by atoms with van der Waals surface area (Å²) in [5.74, 6) is 0.995. The molecule has 0 bridgehead atoms. The minimum Gasteiger partial charge on any atom is -0.363 e. The van der Waals surface area contributed by atoms with Crippen molar-refractivity contribution in [3.63, 3.8) is 0 Å². The van der Waals surface area contributed by atoms with Gasteiger partial charge in [-0.1, -0.05) is 19.9 Å². The Bertz CT molecular complexity index is 381. The molecule has 1 atom stereocenters. The summed E-state index contributed by atoms with van der Waals surface area (Å²) < 4.78 is 0. The largest absolute Gasteiger partial charge is 0.363 e. The third-order valence-corrected chi connectivity index (χ3v) is 4.02. The number of pyridine rings is 1. The lowest BCUT2D eigenvalue weighted by atomic mass is 9.89. The molecule has 0 aliphatic heterocycles. The number of anilines is 1. The molecule has 1 unspecified atom stereocenters. The molecule has 0 radical (unpaired) electrons. The lowest BCUT2D eigenvalue weighted by Crippen LogP contribution is -2.25. The summed E-state index contributed by atoms with van der Waals surface area (Å²) in [5, 5.41) is 0. The summed E-state index contributed by atoms with van der Waals surface area (Å²) in [6.07, 6.45) is 3.15. The van der Waals surface area contributed by atoms with Crippen LogP contribution in [0.5, 0.6) is 0 Å². The van der Waals surface area contributed by atoms with E-state index >= 15 is 0 Å². The fourth-order valence-corrected chi connectivity index (χ4v) is 2.60. The van der Waals surface area contributed by atoms with Crippen LogP contribution in [0, 0.1) is 5.41 Å². The monoisotopic (exact) mass is 219 g/mol. The van der Waals surface area contributed by atoms with Gasteiger partial charge in [0.1, 0.15) is 5.82 Å². The van der Waals surface area contributed by atoms with E-state index in [1.54, 1.807) is 0 Å². The van der Waals surface area contributed by atoms with E-state index in [0.717, 1.165) is 5.82 Å². The number of nitrogens with two attached hydrogens (primary N) is 1. The first-order chi connectivity index (χ1) is 7.43. The molecule has 0 spiro atoms. The van der Waals surface area contributed by atoms with E-state index in [9.17, 15) is 0 Å². The standard InChI is InChI=1S/C13H21N3/c1-12(2)8-13(12,9-14)10-5-6-11(15-7-10)16(3)4/h5-7H,8-9,14H2,1-4H3.